The highest BCUT2D eigenvalue weighted by Crippen LogP contribution is 2.26. The van der Waals surface area contributed by atoms with E-state index in [2.05, 4.69) is 10.6 Å². The Kier molecular flexibility index (Phi) is 9.01. The molecule has 0 spiro atoms. The van der Waals surface area contributed by atoms with Crippen LogP contribution in [0.2, 0.25) is 0 Å². The summed E-state index contributed by atoms with van der Waals surface area (Å²) in [4.78, 5) is 38.3. The lowest BCUT2D eigenvalue weighted by Gasteiger charge is -2.31. The number of benzene rings is 1. The number of nitrogens with zero attached hydrogens (tertiary/aromatic N) is 1. The van der Waals surface area contributed by atoms with Gasteiger partial charge in [0, 0.05) is 31.6 Å². The maximum absolute atomic E-state index is 14.2. The molecule has 1 aliphatic rings. The number of halogens is 6. The van der Waals surface area contributed by atoms with Crippen LogP contribution in [0, 0.1) is 17.5 Å². The number of carbonyl (C=O) groups excluding carboxylic acids is 3. The number of amides is 3. The number of alkyl carbamates (subject to hydrolysis) is 1. The normalized spacial score (nSPS) is 17.9. The molecule has 1 aromatic carbocycles. The molecule has 1 aromatic rings. The van der Waals surface area contributed by atoms with Crippen LogP contribution in [0.25, 0.3) is 0 Å². The Balaban J connectivity index is 2.30. The third-order valence-corrected chi connectivity index (χ3v) is 5.00. The molecule has 1 fully saturated rings. The zero-order valence-corrected chi connectivity index (χ0v) is 19.4. The second kappa shape index (κ2) is 11.2. The van der Waals surface area contributed by atoms with Gasteiger partial charge in [-0.05, 0) is 45.2 Å². The van der Waals surface area contributed by atoms with Crippen molar-refractivity contribution < 1.29 is 45.5 Å². The molecule has 0 unspecified atom stereocenters. The minimum atomic E-state index is -4.74. The molecule has 2 N–H and O–H groups in total. The molecule has 35 heavy (non-hydrogen) atoms. The van der Waals surface area contributed by atoms with Crippen LogP contribution in [-0.4, -0.2) is 59.8 Å². The van der Waals surface area contributed by atoms with Crippen LogP contribution in [0.15, 0.2) is 12.1 Å². The summed E-state index contributed by atoms with van der Waals surface area (Å²) in [5.74, 6) is -5.84. The van der Waals surface area contributed by atoms with E-state index in [1.165, 1.54) is 0 Å². The number of alkyl halides is 3. The second-order valence-corrected chi connectivity index (χ2v) is 9.18. The molecule has 13 heteroatoms. The molecular formula is C22H27F6N3O4. The lowest BCUT2D eigenvalue weighted by Crippen LogP contribution is -2.51. The van der Waals surface area contributed by atoms with Crippen molar-refractivity contribution in [3.05, 3.63) is 35.1 Å². The molecular weight excluding hydrogens is 484 g/mol. The number of carbonyl (C=O) groups is 3. The Morgan fingerprint density at radius 2 is 1.77 bits per heavy atom. The summed E-state index contributed by atoms with van der Waals surface area (Å²) in [6.07, 6.45) is -8.30. The Labute approximate surface area is 198 Å². The fraction of sp³-hybridized carbons (Fsp3) is 0.591. The van der Waals surface area contributed by atoms with E-state index in [-0.39, 0.29) is 25.1 Å². The predicted molar refractivity (Wildman–Crippen MR) is 112 cm³/mol. The van der Waals surface area contributed by atoms with Crippen LogP contribution in [0.1, 0.15) is 45.6 Å². The van der Waals surface area contributed by atoms with Crippen molar-refractivity contribution in [2.75, 3.05) is 13.1 Å². The quantitative estimate of drug-likeness (QED) is 0.452. The summed E-state index contributed by atoms with van der Waals surface area (Å²) in [6, 6.07) is -2.23. The van der Waals surface area contributed by atoms with E-state index >= 15 is 0 Å². The summed E-state index contributed by atoms with van der Waals surface area (Å²) < 4.78 is 85.5. The molecule has 0 aliphatic carbocycles. The lowest BCUT2D eigenvalue weighted by atomic mass is 10.0. The number of hydrogen-bond acceptors (Lipinski definition) is 4. The van der Waals surface area contributed by atoms with Crippen molar-refractivity contribution in [3.63, 3.8) is 0 Å². The molecule has 0 bridgehead atoms. The first-order valence-electron chi connectivity index (χ1n) is 10.8. The highest BCUT2D eigenvalue weighted by Gasteiger charge is 2.41. The SMILES string of the molecule is CC(C)(C)OC(=O)N[C@@H](CC(=O)N1CCCNC(=O)[C@H]1CC(F)(F)F)Cc1cc(F)c(F)cc1F. The minimum Gasteiger partial charge on any atom is -0.444 e. The van der Waals surface area contributed by atoms with E-state index in [1.54, 1.807) is 20.8 Å². The standard InChI is InChI=1S/C22H27F6N3O4/c1-21(2,3)35-20(34)30-13(7-12-8-15(24)16(25)10-14(12)23)9-18(32)31-6-4-5-29-19(33)17(31)11-22(26,27)28/h8,10,13,17H,4-7,9,11H2,1-3H3,(H,29,33)(H,30,34)/t13-,17-/m1/s1. The van der Waals surface area contributed by atoms with E-state index in [4.69, 9.17) is 4.74 Å². The van der Waals surface area contributed by atoms with Crippen LogP contribution in [-0.2, 0) is 20.7 Å². The Hall–Kier alpha value is -2.99. The third-order valence-electron chi connectivity index (χ3n) is 5.00. The molecule has 1 saturated heterocycles. The Morgan fingerprint density at radius 1 is 1.14 bits per heavy atom. The maximum atomic E-state index is 14.2. The van der Waals surface area contributed by atoms with Gasteiger partial charge < -0.3 is 20.3 Å². The number of hydrogen-bond donors (Lipinski definition) is 2. The van der Waals surface area contributed by atoms with Crippen LogP contribution in [0.5, 0.6) is 0 Å². The van der Waals surface area contributed by atoms with Gasteiger partial charge in [-0.25, -0.2) is 18.0 Å². The second-order valence-electron chi connectivity index (χ2n) is 9.18. The monoisotopic (exact) mass is 511 g/mol. The van der Waals surface area contributed by atoms with Crippen LogP contribution in [0.3, 0.4) is 0 Å². The average molecular weight is 511 g/mol. The van der Waals surface area contributed by atoms with Gasteiger partial charge in [-0.1, -0.05) is 0 Å². The molecule has 2 rings (SSSR count). The molecule has 0 saturated carbocycles. The van der Waals surface area contributed by atoms with E-state index in [0.717, 1.165) is 4.90 Å². The summed E-state index contributed by atoms with van der Waals surface area (Å²) in [6.45, 7) is 4.56. The highest BCUT2D eigenvalue weighted by atomic mass is 19.4. The van der Waals surface area contributed by atoms with Crippen molar-refractivity contribution in [2.45, 2.75) is 70.3 Å². The van der Waals surface area contributed by atoms with E-state index < -0.39 is 78.5 Å². The molecule has 1 aliphatic heterocycles. The molecule has 0 aromatic heterocycles. The zero-order chi connectivity index (χ0) is 26.6. The lowest BCUT2D eigenvalue weighted by molar-refractivity contribution is -0.161. The van der Waals surface area contributed by atoms with Crippen LogP contribution in [0.4, 0.5) is 31.1 Å². The van der Waals surface area contributed by atoms with E-state index in [1.807, 2.05) is 0 Å². The van der Waals surface area contributed by atoms with Gasteiger partial charge in [0.15, 0.2) is 11.6 Å². The summed E-state index contributed by atoms with van der Waals surface area (Å²) in [7, 11) is 0. The minimum absolute atomic E-state index is 0.0661. The molecule has 0 radical (unpaired) electrons. The fourth-order valence-electron chi connectivity index (χ4n) is 3.56. The van der Waals surface area contributed by atoms with Crippen molar-refractivity contribution in [2.24, 2.45) is 0 Å². The predicted octanol–water partition coefficient (Wildman–Crippen LogP) is 3.60. The van der Waals surface area contributed by atoms with Gasteiger partial charge in [-0.2, -0.15) is 13.2 Å². The fourth-order valence-corrected chi connectivity index (χ4v) is 3.56. The van der Waals surface area contributed by atoms with Gasteiger partial charge >= 0.3 is 12.3 Å². The topological polar surface area (TPSA) is 87.7 Å². The molecule has 3 amide bonds. The van der Waals surface area contributed by atoms with Crippen molar-refractivity contribution >= 4 is 17.9 Å². The maximum Gasteiger partial charge on any atom is 0.407 e. The smallest absolute Gasteiger partial charge is 0.407 e. The molecule has 7 nitrogen and oxygen atoms in total. The summed E-state index contributed by atoms with van der Waals surface area (Å²) >= 11 is 0. The third kappa shape index (κ3) is 8.95. The molecule has 1 heterocycles. The van der Waals surface area contributed by atoms with Gasteiger partial charge in [-0.15, -0.1) is 0 Å². The van der Waals surface area contributed by atoms with Crippen molar-refractivity contribution in [3.8, 4) is 0 Å². The first-order chi connectivity index (χ1) is 16.1. The van der Waals surface area contributed by atoms with Crippen molar-refractivity contribution in [1.29, 1.82) is 0 Å². The summed E-state index contributed by atoms with van der Waals surface area (Å²) in [5, 5.41) is 4.65. The number of nitrogens with one attached hydrogen (secondary N) is 2. The average Bonchev–Trinajstić information content (AvgIpc) is 2.85. The van der Waals surface area contributed by atoms with E-state index in [0.29, 0.717) is 12.1 Å². The van der Waals surface area contributed by atoms with Gasteiger partial charge in [0.25, 0.3) is 0 Å². The van der Waals surface area contributed by atoms with Gasteiger partial charge in [0.2, 0.25) is 11.8 Å². The van der Waals surface area contributed by atoms with Gasteiger partial charge in [0.1, 0.15) is 17.5 Å². The largest absolute Gasteiger partial charge is 0.444 e. The Morgan fingerprint density at radius 3 is 2.37 bits per heavy atom. The van der Waals surface area contributed by atoms with Gasteiger partial charge in [-0.3, -0.25) is 9.59 Å². The first kappa shape index (κ1) is 28.2. The van der Waals surface area contributed by atoms with Crippen LogP contribution < -0.4 is 10.6 Å². The Bertz CT molecular complexity index is 948. The van der Waals surface area contributed by atoms with Crippen LogP contribution >= 0.6 is 0 Å². The molecule has 196 valence electrons. The summed E-state index contributed by atoms with van der Waals surface area (Å²) in [5.41, 5.74) is -1.33. The number of ether oxygens (including phenoxy) is 1. The van der Waals surface area contributed by atoms with Gasteiger partial charge in [0.05, 0.1) is 6.42 Å². The van der Waals surface area contributed by atoms with E-state index in [9.17, 15) is 40.7 Å². The number of rotatable bonds is 6. The van der Waals surface area contributed by atoms with Crippen molar-refractivity contribution in [1.82, 2.24) is 15.5 Å². The molecule has 2 atom stereocenters. The first-order valence-corrected chi connectivity index (χ1v) is 10.8. The zero-order valence-electron chi connectivity index (χ0n) is 19.4. The highest BCUT2D eigenvalue weighted by molar-refractivity contribution is 5.88.